The molecule has 0 bridgehead atoms. The minimum absolute atomic E-state index is 0.177. The van der Waals surface area contributed by atoms with Gasteiger partial charge in [0.2, 0.25) is 15.9 Å². The molecule has 0 spiro atoms. The van der Waals surface area contributed by atoms with E-state index in [1.165, 1.54) is 29.4 Å². The van der Waals surface area contributed by atoms with Gasteiger partial charge >= 0.3 is 0 Å². The second-order valence-corrected chi connectivity index (χ2v) is 6.74. The van der Waals surface area contributed by atoms with Crippen LogP contribution in [-0.2, 0) is 14.8 Å². The van der Waals surface area contributed by atoms with Crippen LogP contribution in [0.2, 0.25) is 0 Å². The molecule has 1 atom stereocenters. The fourth-order valence-electron chi connectivity index (χ4n) is 2.36. The predicted molar refractivity (Wildman–Crippen MR) is 72.0 cm³/mol. The summed E-state index contributed by atoms with van der Waals surface area (Å²) in [5, 5.41) is 2.71. The number of piperidine rings is 1. The van der Waals surface area contributed by atoms with Gasteiger partial charge in [-0.3, -0.25) is 4.79 Å². The highest BCUT2D eigenvalue weighted by molar-refractivity contribution is 7.89. The summed E-state index contributed by atoms with van der Waals surface area (Å²) < 4.78 is 39.7. The van der Waals surface area contributed by atoms with Crippen molar-refractivity contribution < 1.29 is 17.6 Å². The summed E-state index contributed by atoms with van der Waals surface area (Å²) in [6, 6.07) is 5.10. The lowest BCUT2D eigenvalue weighted by Crippen LogP contribution is -2.49. The van der Waals surface area contributed by atoms with Crippen molar-refractivity contribution in [3.8, 4) is 0 Å². The minimum atomic E-state index is -3.85. The zero-order valence-corrected chi connectivity index (χ0v) is 12.0. The van der Waals surface area contributed by atoms with Gasteiger partial charge < -0.3 is 5.32 Å². The summed E-state index contributed by atoms with van der Waals surface area (Å²) >= 11 is 0. The quantitative estimate of drug-likeness (QED) is 0.909. The average Bonchev–Trinajstić information content (AvgIpc) is 2.38. The normalized spacial score (nSPS) is 20.6. The van der Waals surface area contributed by atoms with Crippen LogP contribution in [0, 0.1) is 5.82 Å². The molecule has 1 aliphatic heterocycles. The summed E-state index contributed by atoms with van der Waals surface area (Å²) in [6.45, 7) is 1.91. The summed E-state index contributed by atoms with van der Waals surface area (Å²) in [5.74, 6) is -0.950. The number of hydrogen-bond acceptors (Lipinski definition) is 3. The van der Waals surface area contributed by atoms with Crippen LogP contribution < -0.4 is 5.32 Å². The molecule has 0 aliphatic carbocycles. The molecule has 110 valence electrons. The number of nitrogens with one attached hydrogen (secondary N) is 1. The lowest BCUT2D eigenvalue weighted by Gasteiger charge is -2.32. The molecule has 0 radical (unpaired) electrons. The topological polar surface area (TPSA) is 66.5 Å². The van der Waals surface area contributed by atoms with Gasteiger partial charge in [0.1, 0.15) is 10.7 Å². The van der Waals surface area contributed by atoms with Gasteiger partial charge in [0.25, 0.3) is 0 Å². The van der Waals surface area contributed by atoms with Gasteiger partial charge in [-0.1, -0.05) is 12.1 Å². The highest BCUT2D eigenvalue weighted by Crippen LogP contribution is 2.22. The molecule has 1 amide bonds. The number of sulfonamides is 1. The van der Waals surface area contributed by atoms with Crippen molar-refractivity contribution in [2.45, 2.75) is 30.7 Å². The van der Waals surface area contributed by atoms with Gasteiger partial charge in [-0.2, -0.15) is 4.31 Å². The maximum absolute atomic E-state index is 13.7. The molecule has 1 fully saturated rings. The number of carbonyl (C=O) groups excluding carboxylic acids is 1. The molecule has 1 aromatic rings. The predicted octanol–water partition coefficient (Wildman–Crippen LogP) is 1.11. The molecule has 1 heterocycles. The maximum Gasteiger partial charge on any atom is 0.246 e. The second kappa shape index (κ2) is 5.88. The third kappa shape index (κ3) is 3.16. The molecule has 1 saturated heterocycles. The number of hydrogen-bond donors (Lipinski definition) is 1. The van der Waals surface area contributed by atoms with E-state index in [4.69, 9.17) is 0 Å². The molecule has 0 aromatic heterocycles. The first-order valence-corrected chi connectivity index (χ1v) is 7.87. The molecule has 1 aromatic carbocycles. The summed E-state index contributed by atoms with van der Waals surface area (Å²) in [5.41, 5.74) is 0. The molecule has 20 heavy (non-hydrogen) atoms. The van der Waals surface area contributed by atoms with E-state index in [-0.39, 0.29) is 23.4 Å². The molecular weight excluding hydrogens is 283 g/mol. The van der Waals surface area contributed by atoms with Crippen LogP contribution in [0.25, 0.3) is 0 Å². The largest absolute Gasteiger partial charge is 0.352 e. The van der Waals surface area contributed by atoms with Crippen molar-refractivity contribution in [1.29, 1.82) is 0 Å². The average molecular weight is 300 g/mol. The molecule has 0 saturated carbocycles. The highest BCUT2D eigenvalue weighted by atomic mass is 32.2. The zero-order valence-electron chi connectivity index (χ0n) is 11.2. The molecule has 7 heteroatoms. The first kappa shape index (κ1) is 14.9. The Labute approximate surface area is 117 Å². The number of amides is 1. The van der Waals surface area contributed by atoms with E-state index in [2.05, 4.69) is 5.32 Å². The first-order chi connectivity index (χ1) is 9.41. The highest BCUT2D eigenvalue weighted by Gasteiger charge is 2.32. The summed E-state index contributed by atoms with van der Waals surface area (Å²) in [7, 11) is -3.85. The third-order valence-electron chi connectivity index (χ3n) is 3.25. The van der Waals surface area contributed by atoms with Crippen LogP contribution in [0.1, 0.15) is 19.8 Å². The lowest BCUT2D eigenvalue weighted by molar-refractivity contribution is -0.119. The Bertz CT molecular complexity index is 603. The van der Waals surface area contributed by atoms with Gasteiger partial charge in [-0.15, -0.1) is 0 Å². The molecule has 1 unspecified atom stereocenters. The molecule has 5 nitrogen and oxygen atoms in total. The SMILES string of the molecule is CC(=O)NC1CCCN(S(=O)(=O)c2ccccc2F)C1. The second-order valence-electron chi connectivity index (χ2n) is 4.83. The van der Waals surface area contributed by atoms with Crippen LogP contribution >= 0.6 is 0 Å². The van der Waals surface area contributed by atoms with E-state index in [1.807, 2.05) is 0 Å². The molecule has 1 N–H and O–H groups in total. The molecule has 2 rings (SSSR count). The van der Waals surface area contributed by atoms with Crippen molar-refractivity contribution in [1.82, 2.24) is 9.62 Å². The van der Waals surface area contributed by atoms with Crippen molar-refractivity contribution in [3.05, 3.63) is 30.1 Å². The van der Waals surface area contributed by atoms with Gasteiger partial charge in [0, 0.05) is 26.1 Å². The standard InChI is InChI=1S/C13H17FN2O3S/c1-10(17)15-11-5-4-8-16(9-11)20(18,19)13-7-3-2-6-12(13)14/h2-3,6-7,11H,4-5,8-9H2,1H3,(H,15,17). The smallest absolute Gasteiger partial charge is 0.246 e. The number of nitrogens with zero attached hydrogens (tertiary/aromatic N) is 1. The fourth-order valence-corrected chi connectivity index (χ4v) is 3.95. The van der Waals surface area contributed by atoms with Gasteiger partial charge in [0.05, 0.1) is 0 Å². The molecular formula is C13H17FN2O3S. The Morgan fingerprint density at radius 1 is 1.40 bits per heavy atom. The Morgan fingerprint density at radius 2 is 2.10 bits per heavy atom. The Morgan fingerprint density at radius 3 is 2.75 bits per heavy atom. The van der Waals surface area contributed by atoms with Crippen molar-refractivity contribution >= 4 is 15.9 Å². The van der Waals surface area contributed by atoms with Crippen molar-refractivity contribution in [2.24, 2.45) is 0 Å². The number of carbonyl (C=O) groups is 1. The third-order valence-corrected chi connectivity index (χ3v) is 5.14. The van der Waals surface area contributed by atoms with E-state index < -0.39 is 15.8 Å². The zero-order chi connectivity index (χ0) is 14.8. The van der Waals surface area contributed by atoms with Crippen LogP contribution in [0.4, 0.5) is 4.39 Å². The maximum atomic E-state index is 13.7. The van der Waals surface area contributed by atoms with Crippen molar-refractivity contribution in [3.63, 3.8) is 0 Å². The monoisotopic (exact) mass is 300 g/mol. The van der Waals surface area contributed by atoms with E-state index >= 15 is 0 Å². The first-order valence-electron chi connectivity index (χ1n) is 6.43. The summed E-state index contributed by atoms with van der Waals surface area (Å²) in [4.78, 5) is 10.7. The van der Waals surface area contributed by atoms with Crippen LogP contribution in [-0.4, -0.2) is 37.8 Å². The lowest BCUT2D eigenvalue weighted by atomic mass is 10.1. The Kier molecular flexibility index (Phi) is 4.39. The Hall–Kier alpha value is -1.47. The number of rotatable bonds is 3. The van der Waals surface area contributed by atoms with Gasteiger partial charge in [0.15, 0.2) is 0 Å². The van der Waals surface area contributed by atoms with Gasteiger partial charge in [-0.25, -0.2) is 12.8 Å². The van der Waals surface area contributed by atoms with E-state index in [1.54, 1.807) is 0 Å². The molecule has 1 aliphatic rings. The van der Waals surface area contributed by atoms with E-state index in [9.17, 15) is 17.6 Å². The summed E-state index contributed by atoms with van der Waals surface area (Å²) in [6.07, 6.45) is 1.36. The van der Waals surface area contributed by atoms with Crippen LogP contribution in [0.3, 0.4) is 0 Å². The van der Waals surface area contributed by atoms with Crippen LogP contribution in [0.5, 0.6) is 0 Å². The number of benzene rings is 1. The van der Waals surface area contributed by atoms with E-state index in [0.717, 1.165) is 12.5 Å². The number of halogens is 1. The minimum Gasteiger partial charge on any atom is -0.352 e. The van der Waals surface area contributed by atoms with Crippen LogP contribution in [0.15, 0.2) is 29.2 Å². The fraction of sp³-hybridized carbons (Fsp3) is 0.462. The van der Waals surface area contributed by atoms with Crippen molar-refractivity contribution in [2.75, 3.05) is 13.1 Å². The van der Waals surface area contributed by atoms with Gasteiger partial charge in [-0.05, 0) is 25.0 Å². The Balaban J connectivity index is 2.22. The van der Waals surface area contributed by atoms with E-state index in [0.29, 0.717) is 13.0 Å².